The van der Waals surface area contributed by atoms with Gasteiger partial charge in [0.1, 0.15) is 5.75 Å². The zero-order chi connectivity index (χ0) is 20.1. The minimum Gasteiger partial charge on any atom is -0.496 e. The van der Waals surface area contributed by atoms with Crippen molar-refractivity contribution in [2.45, 2.75) is 27.3 Å². The highest BCUT2D eigenvalue weighted by Gasteiger charge is 2.14. The molecule has 7 nitrogen and oxygen atoms in total. The van der Waals surface area contributed by atoms with Crippen LogP contribution in [0.3, 0.4) is 0 Å². The van der Waals surface area contributed by atoms with E-state index in [4.69, 9.17) is 4.74 Å². The van der Waals surface area contributed by atoms with Crippen LogP contribution < -0.4 is 10.1 Å². The first kappa shape index (κ1) is 20.4. The van der Waals surface area contributed by atoms with Crippen LogP contribution in [0.4, 0.5) is 11.4 Å². The fourth-order valence-electron chi connectivity index (χ4n) is 3.15. The van der Waals surface area contributed by atoms with Crippen molar-refractivity contribution in [3.05, 3.63) is 62.7 Å². The summed E-state index contributed by atoms with van der Waals surface area (Å²) in [5.74, 6) is 0.651. The lowest BCUT2D eigenvalue weighted by molar-refractivity contribution is -0.385. The molecule has 0 atom stereocenters. The number of nitro benzene ring substituents is 1. The van der Waals surface area contributed by atoms with Gasteiger partial charge in [-0.05, 0) is 50.6 Å². The average Bonchev–Trinajstić information content (AvgIpc) is 2.55. The molecular formula is C20H25N3O4. The van der Waals surface area contributed by atoms with Crippen LogP contribution in [0.1, 0.15) is 22.3 Å². The van der Waals surface area contributed by atoms with Crippen LogP contribution in [0.25, 0.3) is 0 Å². The Morgan fingerprint density at radius 3 is 2.33 bits per heavy atom. The van der Waals surface area contributed by atoms with Crippen LogP contribution in [-0.2, 0) is 11.3 Å². The monoisotopic (exact) mass is 371 g/mol. The first-order valence-corrected chi connectivity index (χ1v) is 8.58. The third-order valence-corrected chi connectivity index (χ3v) is 4.28. The standard InChI is InChI=1S/C20H25N3O4/c1-13-6-7-17(10-18(13)23(25)26)21-19(24)12-22(4)11-16-8-14(2)20(27-5)15(3)9-16/h6-10H,11-12H2,1-5H3,(H,21,24). The summed E-state index contributed by atoms with van der Waals surface area (Å²) in [6.07, 6.45) is 0. The van der Waals surface area contributed by atoms with Gasteiger partial charge in [-0.3, -0.25) is 19.8 Å². The molecule has 0 bridgehead atoms. The molecule has 2 aromatic rings. The predicted octanol–water partition coefficient (Wildman–Crippen LogP) is 3.60. The van der Waals surface area contributed by atoms with Gasteiger partial charge in [-0.15, -0.1) is 0 Å². The number of hydrogen-bond acceptors (Lipinski definition) is 5. The number of methoxy groups -OCH3 is 1. The number of carbonyl (C=O) groups is 1. The minimum absolute atomic E-state index is 0.00895. The fourth-order valence-corrected chi connectivity index (χ4v) is 3.15. The first-order chi connectivity index (χ1) is 12.7. The van der Waals surface area contributed by atoms with Gasteiger partial charge < -0.3 is 10.1 Å². The number of carbonyl (C=O) groups excluding carboxylic acids is 1. The number of nitro groups is 1. The van der Waals surface area contributed by atoms with E-state index in [1.807, 2.05) is 37.9 Å². The van der Waals surface area contributed by atoms with Crippen molar-refractivity contribution in [1.82, 2.24) is 4.90 Å². The summed E-state index contributed by atoms with van der Waals surface area (Å²) in [5.41, 5.74) is 4.16. The number of amides is 1. The maximum Gasteiger partial charge on any atom is 0.274 e. The number of nitrogens with one attached hydrogen (secondary N) is 1. The third-order valence-electron chi connectivity index (χ3n) is 4.28. The molecule has 0 aliphatic rings. The van der Waals surface area contributed by atoms with Crippen molar-refractivity contribution in [2.75, 3.05) is 26.0 Å². The molecule has 0 saturated heterocycles. The lowest BCUT2D eigenvalue weighted by Crippen LogP contribution is -2.29. The van der Waals surface area contributed by atoms with E-state index >= 15 is 0 Å². The molecule has 0 aliphatic heterocycles. The quantitative estimate of drug-likeness (QED) is 0.594. The molecule has 0 unspecified atom stereocenters. The number of nitrogens with zero attached hydrogens (tertiary/aromatic N) is 2. The van der Waals surface area contributed by atoms with Crippen molar-refractivity contribution >= 4 is 17.3 Å². The van der Waals surface area contributed by atoms with Gasteiger partial charge in [-0.25, -0.2) is 0 Å². The predicted molar refractivity (Wildman–Crippen MR) is 105 cm³/mol. The zero-order valence-corrected chi connectivity index (χ0v) is 16.3. The number of likely N-dealkylation sites (N-methyl/N-ethyl adjacent to an activating group) is 1. The highest BCUT2D eigenvalue weighted by atomic mass is 16.6. The molecule has 2 aromatic carbocycles. The summed E-state index contributed by atoms with van der Waals surface area (Å²) in [4.78, 5) is 24.7. The van der Waals surface area contributed by atoms with Gasteiger partial charge in [-0.1, -0.05) is 18.2 Å². The maximum atomic E-state index is 12.3. The van der Waals surface area contributed by atoms with Gasteiger partial charge in [0.2, 0.25) is 5.91 Å². The van der Waals surface area contributed by atoms with E-state index in [0.717, 1.165) is 22.4 Å². The second kappa shape index (κ2) is 8.64. The first-order valence-electron chi connectivity index (χ1n) is 8.58. The Kier molecular flexibility index (Phi) is 6.52. The summed E-state index contributed by atoms with van der Waals surface area (Å²) < 4.78 is 5.38. The molecule has 0 saturated carbocycles. The molecule has 1 amide bonds. The Labute approximate surface area is 159 Å². The van der Waals surface area contributed by atoms with Gasteiger partial charge in [0.05, 0.1) is 18.6 Å². The molecule has 27 heavy (non-hydrogen) atoms. The van der Waals surface area contributed by atoms with Crippen LogP contribution in [0.15, 0.2) is 30.3 Å². The van der Waals surface area contributed by atoms with Gasteiger partial charge in [0.15, 0.2) is 0 Å². The van der Waals surface area contributed by atoms with Crippen molar-refractivity contribution < 1.29 is 14.5 Å². The molecule has 144 valence electrons. The number of aryl methyl sites for hydroxylation is 3. The van der Waals surface area contributed by atoms with E-state index in [0.29, 0.717) is 17.8 Å². The van der Waals surface area contributed by atoms with E-state index in [1.54, 1.807) is 26.2 Å². The smallest absolute Gasteiger partial charge is 0.274 e. The lowest BCUT2D eigenvalue weighted by atomic mass is 10.1. The van der Waals surface area contributed by atoms with E-state index < -0.39 is 4.92 Å². The summed E-state index contributed by atoms with van der Waals surface area (Å²) in [6.45, 7) is 6.42. The number of ether oxygens (including phenoxy) is 1. The summed E-state index contributed by atoms with van der Waals surface area (Å²) in [6, 6.07) is 8.76. The molecular weight excluding hydrogens is 346 g/mol. The molecule has 0 radical (unpaired) electrons. The molecule has 2 rings (SSSR count). The number of hydrogen-bond donors (Lipinski definition) is 1. The van der Waals surface area contributed by atoms with Gasteiger partial charge in [-0.2, -0.15) is 0 Å². The van der Waals surface area contributed by atoms with Gasteiger partial charge in [0.25, 0.3) is 5.69 Å². The molecule has 1 N–H and O–H groups in total. The average molecular weight is 371 g/mol. The van der Waals surface area contributed by atoms with E-state index in [-0.39, 0.29) is 18.1 Å². The van der Waals surface area contributed by atoms with Crippen molar-refractivity contribution in [3.8, 4) is 5.75 Å². The van der Waals surface area contributed by atoms with E-state index in [9.17, 15) is 14.9 Å². The van der Waals surface area contributed by atoms with Crippen LogP contribution >= 0.6 is 0 Å². The van der Waals surface area contributed by atoms with Crippen molar-refractivity contribution in [3.63, 3.8) is 0 Å². The minimum atomic E-state index is -0.453. The highest BCUT2D eigenvalue weighted by molar-refractivity contribution is 5.92. The Hall–Kier alpha value is -2.93. The largest absolute Gasteiger partial charge is 0.496 e. The SMILES string of the molecule is COc1c(C)cc(CN(C)CC(=O)Nc2ccc(C)c([N+](=O)[O-])c2)cc1C. The highest BCUT2D eigenvalue weighted by Crippen LogP contribution is 2.25. The Bertz CT molecular complexity index is 841. The van der Waals surface area contributed by atoms with E-state index in [1.165, 1.54) is 6.07 Å². The Morgan fingerprint density at radius 2 is 1.78 bits per heavy atom. The molecule has 0 aliphatic carbocycles. The van der Waals surface area contributed by atoms with Crippen LogP contribution in [0, 0.1) is 30.9 Å². The second-order valence-electron chi connectivity index (χ2n) is 6.74. The maximum absolute atomic E-state index is 12.3. The van der Waals surface area contributed by atoms with Gasteiger partial charge in [0, 0.05) is 23.9 Å². The number of rotatable bonds is 7. The van der Waals surface area contributed by atoms with Crippen molar-refractivity contribution in [2.24, 2.45) is 0 Å². The number of benzene rings is 2. The molecule has 0 aromatic heterocycles. The van der Waals surface area contributed by atoms with Crippen LogP contribution in [0.5, 0.6) is 5.75 Å². The molecule has 0 spiro atoms. The molecule has 0 heterocycles. The molecule has 0 fully saturated rings. The third kappa shape index (κ3) is 5.27. The van der Waals surface area contributed by atoms with Gasteiger partial charge >= 0.3 is 0 Å². The second-order valence-corrected chi connectivity index (χ2v) is 6.74. The lowest BCUT2D eigenvalue weighted by Gasteiger charge is -2.18. The zero-order valence-electron chi connectivity index (χ0n) is 16.3. The Balaban J connectivity index is 2.00. The summed E-state index contributed by atoms with van der Waals surface area (Å²) in [5, 5.41) is 13.7. The fraction of sp³-hybridized carbons (Fsp3) is 0.350. The van der Waals surface area contributed by atoms with E-state index in [2.05, 4.69) is 5.32 Å². The summed E-state index contributed by atoms with van der Waals surface area (Å²) in [7, 11) is 3.51. The van der Waals surface area contributed by atoms with Crippen LogP contribution in [-0.4, -0.2) is 36.4 Å². The molecule has 7 heteroatoms. The number of anilines is 1. The van der Waals surface area contributed by atoms with Crippen LogP contribution in [0.2, 0.25) is 0 Å². The summed E-state index contributed by atoms with van der Waals surface area (Å²) >= 11 is 0. The van der Waals surface area contributed by atoms with Crippen molar-refractivity contribution in [1.29, 1.82) is 0 Å². The topological polar surface area (TPSA) is 84.7 Å². The Morgan fingerprint density at radius 1 is 1.15 bits per heavy atom. The normalized spacial score (nSPS) is 10.7.